The smallest absolute Gasteiger partial charge is 0.244 e. The van der Waals surface area contributed by atoms with Crippen LogP contribution in [0.3, 0.4) is 0 Å². The second-order valence-corrected chi connectivity index (χ2v) is 10.4. The molecule has 1 N–H and O–H groups in total. The number of para-hydroxylation sites is 1. The van der Waals surface area contributed by atoms with Crippen molar-refractivity contribution in [3.8, 4) is 0 Å². The first kappa shape index (κ1) is 26.3. The van der Waals surface area contributed by atoms with E-state index >= 15 is 0 Å². The van der Waals surface area contributed by atoms with Crippen LogP contribution in [0.25, 0.3) is 0 Å². The van der Waals surface area contributed by atoms with Crippen LogP contribution in [0.15, 0.2) is 48.5 Å². The highest BCUT2D eigenvalue weighted by Gasteiger charge is 2.31. The van der Waals surface area contributed by atoms with Gasteiger partial charge in [0.15, 0.2) is 0 Å². The Kier molecular flexibility index (Phi) is 8.99. The lowest BCUT2D eigenvalue weighted by molar-refractivity contribution is -0.139. The first-order valence-corrected chi connectivity index (χ1v) is 12.6. The largest absolute Gasteiger partial charge is 0.354 e. The normalized spacial score (nSPS) is 12.3. The first-order valence-electron chi connectivity index (χ1n) is 10.8. The molecule has 9 heteroatoms. The van der Waals surface area contributed by atoms with Crippen LogP contribution >= 0.6 is 0 Å². The summed E-state index contributed by atoms with van der Waals surface area (Å²) in [5, 5.41) is 2.82. The predicted octanol–water partition coefficient (Wildman–Crippen LogP) is 3.09. The van der Waals surface area contributed by atoms with Gasteiger partial charge in [-0.3, -0.25) is 13.9 Å². The van der Waals surface area contributed by atoms with Gasteiger partial charge in [0.05, 0.1) is 11.9 Å². The van der Waals surface area contributed by atoms with Gasteiger partial charge in [0.1, 0.15) is 18.4 Å². The summed E-state index contributed by atoms with van der Waals surface area (Å²) in [6, 6.07) is 11.9. The SMILES string of the molecule is Cc1ccccc1CN(C(=O)CN(c1ccccc1F)S(C)(=O)=O)[C@@H](C)C(=O)NCC(C)C. The molecule has 0 radical (unpaired) electrons. The Hall–Kier alpha value is -2.94. The minimum Gasteiger partial charge on any atom is -0.354 e. The Morgan fingerprint density at radius 2 is 1.64 bits per heavy atom. The van der Waals surface area contributed by atoms with Gasteiger partial charge in [0, 0.05) is 13.1 Å². The zero-order valence-electron chi connectivity index (χ0n) is 19.7. The van der Waals surface area contributed by atoms with E-state index in [1.807, 2.05) is 45.0 Å². The maximum absolute atomic E-state index is 14.4. The lowest BCUT2D eigenvalue weighted by Crippen LogP contribution is -2.51. The fourth-order valence-corrected chi connectivity index (χ4v) is 4.11. The zero-order valence-corrected chi connectivity index (χ0v) is 20.5. The van der Waals surface area contributed by atoms with E-state index in [0.717, 1.165) is 27.8 Å². The number of rotatable bonds is 10. The molecule has 33 heavy (non-hydrogen) atoms. The van der Waals surface area contributed by atoms with Crippen LogP contribution < -0.4 is 9.62 Å². The van der Waals surface area contributed by atoms with Gasteiger partial charge in [0.25, 0.3) is 0 Å². The van der Waals surface area contributed by atoms with Gasteiger partial charge in [-0.2, -0.15) is 0 Å². The third-order valence-electron chi connectivity index (χ3n) is 5.25. The monoisotopic (exact) mass is 477 g/mol. The van der Waals surface area contributed by atoms with Gasteiger partial charge in [-0.05, 0) is 43.0 Å². The molecule has 0 heterocycles. The summed E-state index contributed by atoms with van der Waals surface area (Å²) in [4.78, 5) is 27.5. The van der Waals surface area contributed by atoms with Gasteiger partial charge in [-0.15, -0.1) is 0 Å². The number of sulfonamides is 1. The second kappa shape index (κ2) is 11.3. The average molecular weight is 478 g/mol. The summed E-state index contributed by atoms with van der Waals surface area (Å²) in [6.07, 6.45) is 0.914. The van der Waals surface area contributed by atoms with Crippen molar-refractivity contribution in [1.82, 2.24) is 10.2 Å². The van der Waals surface area contributed by atoms with E-state index in [2.05, 4.69) is 5.32 Å². The number of carbonyl (C=O) groups is 2. The van der Waals surface area contributed by atoms with E-state index in [1.54, 1.807) is 6.92 Å². The second-order valence-electron chi connectivity index (χ2n) is 8.48. The van der Waals surface area contributed by atoms with Gasteiger partial charge in [-0.25, -0.2) is 12.8 Å². The molecule has 2 rings (SSSR count). The molecule has 0 aliphatic carbocycles. The standard InChI is InChI=1S/C24H32FN3O4S/c1-17(2)14-26-24(30)19(4)27(15-20-11-7-6-10-18(20)3)23(29)16-28(33(5,31)32)22-13-9-8-12-21(22)25/h6-13,17,19H,14-16H2,1-5H3,(H,26,30)/t19-/m0/s1. The average Bonchev–Trinajstić information content (AvgIpc) is 2.74. The molecule has 0 fully saturated rings. The minimum atomic E-state index is -3.97. The van der Waals surface area contributed by atoms with Crippen LogP contribution in [0.2, 0.25) is 0 Å². The van der Waals surface area contributed by atoms with E-state index in [0.29, 0.717) is 6.54 Å². The van der Waals surface area contributed by atoms with Gasteiger partial charge in [-0.1, -0.05) is 50.2 Å². The lowest BCUT2D eigenvalue weighted by Gasteiger charge is -2.32. The molecule has 0 saturated heterocycles. The van der Waals surface area contributed by atoms with Crippen molar-refractivity contribution in [2.75, 3.05) is 23.7 Å². The van der Waals surface area contributed by atoms with E-state index in [-0.39, 0.29) is 24.1 Å². The maximum Gasteiger partial charge on any atom is 0.244 e. The molecule has 0 aromatic heterocycles. The quantitative estimate of drug-likeness (QED) is 0.570. The van der Waals surface area contributed by atoms with Crippen molar-refractivity contribution in [3.63, 3.8) is 0 Å². The molecule has 0 saturated carbocycles. The summed E-state index contributed by atoms with van der Waals surface area (Å²) in [5.41, 5.74) is 1.53. The molecule has 0 spiro atoms. The zero-order chi connectivity index (χ0) is 24.8. The number of anilines is 1. The fourth-order valence-electron chi connectivity index (χ4n) is 3.25. The molecule has 0 aliphatic rings. The van der Waals surface area contributed by atoms with Crippen LogP contribution in [0.1, 0.15) is 31.9 Å². The number of carbonyl (C=O) groups excluding carboxylic acids is 2. The number of hydrogen-bond acceptors (Lipinski definition) is 4. The van der Waals surface area contributed by atoms with E-state index in [9.17, 15) is 22.4 Å². The summed E-state index contributed by atoms with van der Waals surface area (Å²) < 4.78 is 40.0. The van der Waals surface area contributed by atoms with Gasteiger partial charge in [0.2, 0.25) is 21.8 Å². The topological polar surface area (TPSA) is 86.8 Å². The Bertz CT molecular complexity index is 1090. The predicted molar refractivity (Wildman–Crippen MR) is 128 cm³/mol. The maximum atomic E-state index is 14.4. The van der Waals surface area contributed by atoms with E-state index in [1.165, 1.54) is 23.1 Å². The number of aryl methyl sites for hydroxylation is 1. The van der Waals surface area contributed by atoms with Gasteiger partial charge >= 0.3 is 0 Å². The van der Waals surface area contributed by atoms with Crippen molar-refractivity contribution in [3.05, 3.63) is 65.5 Å². The summed E-state index contributed by atoms with van der Waals surface area (Å²) in [6.45, 7) is 7.33. The molecule has 0 bridgehead atoms. The first-order chi connectivity index (χ1) is 15.4. The Morgan fingerprint density at radius 3 is 2.21 bits per heavy atom. The van der Waals surface area contributed by atoms with Crippen LogP contribution in [0.5, 0.6) is 0 Å². The summed E-state index contributed by atoms with van der Waals surface area (Å²) in [5.74, 6) is -1.49. The van der Waals surface area contributed by atoms with Crippen molar-refractivity contribution in [2.45, 2.75) is 40.3 Å². The Balaban J connectivity index is 2.39. The molecule has 2 aromatic rings. The van der Waals surface area contributed by atoms with E-state index < -0.39 is 34.3 Å². The Morgan fingerprint density at radius 1 is 1.03 bits per heavy atom. The summed E-state index contributed by atoms with van der Waals surface area (Å²) in [7, 11) is -3.97. The highest BCUT2D eigenvalue weighted by molar-refractivity contribution is 7.92. The number of nitrogens with zero attached hydrogens (tertiary/aromatic N) is 2. The molecule has 180 valence electrons. The van der Waals surface area contributed by atoms with Crippen molar-refractivity contribution < 1.29 is 22.4 Å². The van der Waals surface area contributed by atoms with Crippen molar-refractivity contribution in [2.24, 2.45) is 5.92 Å². The molecule has 2 amide bonds. The number of nitrogens with one attached hydrogen (secondary N) is 1. The third kappa shape index (κ3) is 7.28. The summed E-state index contributed by atoms with van der Waals surface area (Å²) >= 11 is 0. The van der Waals surface area contributed by atoms with Crippen LogP contribution in [-0.4, -0.2) is 50.5 Å². The minimum absolute atomic E-state index is 0.108. The molecule has 0 unspecified atom stereocenters. The third-order valence-corrected chi connectivity index (χ3v) is 6.38. The lowest BCUT2D eigenvalue weighted by atomic mass is 10.1. The fraction of sp³-hybridized carbons (Fsp3) is 0.417. The van der Waals surface area contributed by atoms with Crippen molar-refractivity contribution >= 4 is 27.5 Å². The molecule has 7 nitrogen and oxygen atoms in total. The molecule has 0 aliphatic heterocycles. The van der Waals surface area contributed by atoms with Gasteiger partial charge < -0.3 is 10.2 Å². The van der Waals surface area contributed by atoms with Crippen molar-refractivity contribution in [1.29, 1.82) is 0 Å². The van der Waals surface area contributed by atoms with Crippen LogP contribution in [-0.2, 0) is 26.2 Å². The number of hydrogen-bond donors (Lipinski definition) is 1. The Labute approximate surface area is 195 Å². The highest BCUT2D eigenvalue weighted by atomic mass is 32.2. The molecular formula is C24H32FN3O4S. The molecule has 1 atom stereocenters. The number of amides is 2. The molecular weight excluding hydrogens is 445 g/mol. The van der Waals surface area contributed by atoms with Crippen LogP contribution in [0, 0.1) is 18.7 Å². The molecule has 2 aromatic carbocycles. The number of benzene rings is 2. The number of halogens is 1. The van der Waals surface area contributed by atoms with E-state index in [4.69, 9.17) is 0 Å². The highest BCUT2D eigenvalue weighted by Crippen LogP contribution is 2.22. The van der Waals surface area contributed by atoms with Crippen LogP contribution in [0.4, 0.5) is 10.1 Å².